The summed E-state index contributed by atoms with van der Waals surface area (Å²) in [4.78, 5) is 51.3. The lowest BCUT2D eigenvalue weighted by Crippen LogP contribution is -2.46. The van der Waals surface area contributed by atoms with Gasteiger partial charge < -0.3 is 5.32 Å². The number of carbonyl (C=O) groups excluding carboxylic acids is 4. The van der Waals surface area contributed by atoms with Crippen molar-refractivity contribution in [3.8, 4) is 0 Å². The lowest BCUT2D eigenvalue weighted by Gasteiger charge is -2.34. The third-order valence-corrected chi connectivity index (χ3v) is 5.62. The molecule has 0 bridgehead atoms. The number of nitrogens with one attached hydrogen (secondary N) is 1. The van der Waals surface area contributed by atoms with Gasteiger partial charge in [-0.1, -0.05) is 31.9 Å². The monoisotopic (exact) mass is 421 g/mol. The first-order valence-electron chi connectivity index (χ1n) is 8.63. The molecule has 1 aliphatic heterocycles. The molecule has 1 saturated heterocycles. The largest absolute Gasteiger partial charge is 0.334 e. The number of amides is 5. The van der Waals surface area contributed by atoms with Crippen molar-refractivity contribution < 1.29 is 19.2 Å². The minimum absolute atomic E-state index is 0.151. The van der Waals surface area contributed by atoms with Gasteiger partial charge in [-0.3, -0.25) is 19.3 Å². The second kappa shape index (κ2) is 7.57. The number of halogens is 1. The van der Waals surface area contributed by atoms with E-state index in [9.17, 15) is 19.2 Å². The fourth-order valence-corrected chi connectivity index (χ4v) is 3.91. The van der Waals surface area contributed by atoms with Crippen molar-refractivity contribution in [3.63, 3.8) is 0 Å². The molecule has 1 saturated carbocycles. The second-order valence-corrected chi connectivity index (χ2v) is 7.56. The Hall–Kier alpha value is -2.22. The van der Waals surface area contributed by atoms with Crippen LogP contribution in [0.1, 0.15) is 32.6 Å². The number of anilines is 1. The fourth-order valence-electron chi connectivity index (χ4n) is 3.53. The number of hydrogen-bond acceptors (Lipinski definition) is 4. The SMILES string of the molecule is C[C@H]1CCCC[C@@H]1N1C(=O)C(=O)N(CC(=O)Nc2ccccc2Br)C1=O. The van der Waals surface area contributed by atoms with Crippen LogP contribution in [-0.2, 0) is 14.4 Å². The lowest BCUT2D eigenvalue weighted by molar-refractivity contribution is -0.145. The summed E-state index contributed by atoms with van der Waals surface area (Å²) < 4.78 is 0.682. The predicted octanol–water partition coefficient (Wildman–Crippen LogP) is 2.76. The van der Waals surface area contributed by atoms with E-state index in [1.54, 1.807) is 24.3 Å². The number of imide groups is 2. The maximum atomic E-state index is 12.6. The zero-order chi connectivity index (χ0) is 18.8. The molecule has 3 rings (SSSR count). The molecule has 138 valence electrons. The van der Waals surface area contributed by atoms with E-state index in [4.69, 9.17) is 0 Å². The zero-order valence-electron chi connectivity index (χ0n) is 14.4. The molecule has 7 nitrogen and oxygen atoms in total. The van der Waals surface area contributed by atoms with E-state index >= 15 is 0 Å². The smallest absolute Gasteiger partial charge is 0.323 e. The van der Waals surface area contributed by atoms with Gasteiger partial charge in [0.15, 0.2) is 0 Å². The van der Waals surface area contributed by atoms with Crippen LogP contribution in [0.3, 0.4) is 0 Å². The molecule has 1 aromatic carbocycles. The normalized spacial score (nSPS) is 23.5. The Bertz CT molecular complexity index is 767. The van der Waals surface area contributed by atoms with Gasteiger partial charge in [0.05, 0.1) is 5.69 Å². The summed E-state index contributed by atoms with van der Waals surface area (Å²) in [6.07, 6.45) is 3.59. The summed E-state index contributed by atoms with van der Waals surface area (Å²) in [6.45, 7) is 1.50. The van der Waals surface area contributed by atoms with Gasteiger partial charge in [0.2, 0.25) is 5.91 Å². The Morgan fingerprint density at radius 1 is 1.15 bits per heavy atom. The zero-order valence-corrected chi connectivity index (χ0v) is 16.0. The molecule has 1 aliphatic carbocycles. The summed E-state index contributed by atoms with van der Waals surface area (Å²) >= 11 is 3.31. The van der Waals surface area contributed by atoms with E-state index in [1.165, 1.54) is 0 Å². The molecule has 5 amide bonds. The quantitative estimate of drug-likeness (QED) is 0.597. The average molecular weight is 422 g/mol. The number of carbonyl (C=O) groups is 4. The number of hydrogen-bond donors (Lipinski definition) is 1. The van der Waals surface area contributed by atoms with Crippen LogP contribution in [0.5, 0.6) is 0 Å². The van der Waals surface area contributed by atoms with E-state index in [0.717, 1.165) is 29.1 Å². The molecule has 26 heavy (non-hydrogen) atoms. The first-order valence-corrected chi connectivity index (χ1v) is 9.43. The summed E-state index contributed by atoms with van der Waals surface area (Å²) in [5.74, 6) is -2.15. The van der Waals surface area contributed by atoms with Gasteiger partial charge in [-0.25, -0.2) is 9.69 Å². The molecular weight excluding hydrogens is 402 g/mol. The molecule has 2 aliphatic rings. The van der Waals surface area contributed by atoms with Crippen molar-refractivity contribution in [1.82, 2.24) is 9.80 Å². The van der Waals surface area contributed by atoms with Crippen molar-refractivity contribution in [2.75, 3.05) is 11.9 Å². The lowest BCUT2D eigenvalue weighted by atomic mass is 9.85. The van der Waals surface area contributed by atoms with Crippen LogP contribution in [0.25, 0.3) is 0 Å². The topological polar surface area (TPSA) is 86.8 Å². The maximum Gasteiger partial charge on any atom is 0.334 e. The van der Waals surface area contributed by atoms with Gasteiger partial charge in [0.25, 0.3) is 0 Å². The third-order valence-electron chi connectivity index (χ3n) is 4.93. The molecule has 8 heteroatoms. The summed E-state index contributed by atoms with van der Waals surface area (Å²) in [7, 11) is 0. The first kappa shape index (κ1) is 18.6. The van der Waals surface area contributed by atoms with E-state index in [2.05, 4.69) is 21.2 Å². The minimum atomic E-state index is -0.935. The summed E-state index contributed by atoms with van der Waals surface area (Å²) in [6, 6.07) is 6.04. The molecular formula is C18H20BrN3O4. The van der Waals surface area contributed by atoms with Crippen molar-refractivity contribution in [1.29, 1.82) is 0 Å². The van der Waals surface area contributed by atoms with Crippen molar-refractivity contribution in [2.24, 2.45) is 5.92 Å². The number of urea groups is 1. The van der Waals surface area contributed by atoms with Crippen LogP contribution < -0.4 is 5.32 Å². The predicted molar refractivity (Wildman–Crippen MR) is 98.1 cm³/mol. The van der Waals surface area contributed by atoms with E-state index in [0.29, 0.717) is 16.6 Å². The molecule has 1 heterocycles. The highest BCUT2D eigenvalue weighted by Crippen LogP contribution is 2.31. The highest BCUT2D eigenvalue weighted by molar-refractivity contribution is 9.10. The Balaban J connectivity index is 1.71. The number of nitrogens with zero attached hydrogens (tertiary/aromatic N) is 2. The number of rotatable bonds is 4. The van der Waals surface area contributed by atoms with Crippen LogP contribution in [0, 0.1) is 5.92 Å². The van der Waals surface area contributed by atoms with Crippen LogP contribution in [-0.4, -0.2) is 46.1 Å². The molecule has 0 unspecified atom stereocenters. The van der Waals surface area contributed by atoms with Crippen molar-refractivity contribution in [2.45, 2.75) is 38.6 Å². The van der Waals surface area contributed by atoms with Crippen LogP contribution in [0.4, 0.5) is 10.5 Å². The van der Waals surface area contributed by atoms with E-state index in [1.807, 2.05) is 6.92 Å². The fraction of sp³-hybridized carbons (Fsp3) is 0.444. The maximum absolute atomic E-state index is 12.6. The Morgan fingerprint density at radius 3 is 2.54 bits per heavy atom. The van der Waals surface area contributed by atoms with E-state index < -0.39 is 30.3 Å². The second-order valence-electron chi connectivity index (χ2n) is 6.71. The van der Waals surface area contributed by atoms with Crippen LogP contribution in [0.2, 0.25) is 0 Å². The Morgan fingerprint density at radius 2 is 1.85 bits per heavy atom. The average Bonchev–Trinajstić information content (AvgIpc) is 2.81. The molecule has 2 fully saturated rings. The molecule has 0 radical (unpaired) electrons. The van der Waals surface area contributed by atoms with Crippen LogP contribution in [0.15, 0.2) is 28.7 Å². The number of para-hydroxylation sites is 1. The number of benzene rings is 1. The van der Waals surface area contributed by atoms with Gasteiger partial charge in [-0.2, -0.15) is 0 Å². The third kappa shape index (κ3) is 3.51. The molecule has 1 N–H and O–H groups in total. The minimum Gasteiger partial charge on any atom is -0.323 e. The molecule has 2 atom stereocenters. The van der Waals surface area contributed by atoms with E-state index in [-0.39, 0.29) is 12.0 Å². The summed E-state index contributed by atoms with van der Waals surface area (Å²) in [5, 5.41) is 2.63. The van der Waals surface area contributed by atoms with Gasteiger partial charge >= 0.3 is 17.8 Å². The first-order chi connectivity index (χ1) is 12.4. The highest BCUT2D eigenvalue weighted by Gasteiger charge is 2.49. The van der Waals surface area contributed by atoms with Crippen LogP contribution >= 0.6 is 15.9 Å². The van der Waals surface area contributed by atoms with Gasteiger partial charge in [-0.15, -0.1) is 0 Å². The highest BCUT2D eigenvalue weighted by atomic mass is 79.9. The Labute approximate surface area is 159 Å². The summed E-state index contributed by atoms with van der Waals surface area (Å²) in [5.41, 5.74) is 0.528. The van der Waals surface area contributed by atoms with Gasteiger partial charge in [0, 0.05) is 10.5 Å². The van der Waals surface area contributed by atoms with Crippen molar-refractivity contribution in [3.05, 3.63) is 28.7 Å². The molecule has 1 aromatic rings. The van der Waals surface area contributed by atoms with Gasteiger partial charge in [0.1, 0.15) is 6.54 Å². The molecule has 0 spiro atoms. The van der Waals surface area contributed by atoms with Crippen molar-refractivity contribution >= 4 is 45.4 Å². The molecule has 0 aromatic heterocycles. The van der Waals surface area contributed by atoms with Gasteiger partial charge in [-0.05, 0) is 46.8 Å². The Kier molecular flexibility index (Phi) is 5.41. The standard InChI is InChI=1S/C18H20BrN3O4/c1-11-6-2-5-9-14(11)22-17(25)16(24)21(18(22)26)10-15(23)20-13-8-4-3-7-12(13)19/h3-4,7-8,11,14H,2,5-6,9-10H2,1H3,(H,20,23)/t11-,14-/m0/s1.